The van der Waals surface area contributed by atoms with Crippen molar-refractivity contribution in [3.05, 3.63) is 59.7 Å². The fraction of sp³-hybridized carbons (Fsp3) is 0.111. The third kappa shape index (κ3) is 3.22. The Balaban J connectivity index is 3.59. The lowest BCUT2D eigenvalue weighted by molar-refractivity contribution is -0.404. The van der Waals surface area contributed by atoms with E-state index < -0.39 is 31.8 Å². The van der Waals surface area contributed by atoms with E-state index in [0.717, 1.165) is 5.54 Å². The van der Waals surface area contributed by atoms with Gasteiger partial charge in [0.15, 0.2) is 0 Å². The van der Waals surface area contributed by atoms with Crippen LogP contribution in [0.3, 0.4) is 0 Å². The Labute approximate surface area is 110 Å². The summed E-state index contributed by atoms with van der Waals surface area (Å²) in [5.41, 5.74) is -1.27. The molecule has 19 heavy (non-hydrogen) atoms. The summed E-state index contributed by atoms with van der Waals surface area (Å²) in [6.45, 7) is 0. The van der Waals surface area contributed by atoms with E-state index in [9.17, 15) is 30.3 Å². The number of nitro groups is 3. The van der Waals surface area contributed by atoms with Crippen molar-refractivity contribution in [2.24, 2.45) is 0 Å². The van der Waals surface area contributed by atoms with Gasteiger partial charge in [0.05, 0.1) is 26.9 Å². The van der Waals surface area contributed by atoms with Gasteiger partial charge in [-0.25, -0.2) is 0 Å². The Morgan fingerprint density at radius 3 is 1.79 bits per heavy atom. The molecule has 0 saturated heterocycles. The zero-order valence-electron chi connectivity index (χ0n) is 9.19. The van der Waals surface area contributed by atoms with Gasteiger partial charge in [-0.2, -0.15) is 0 Å². The zero-order valence-corrected chi connectivity index (χ0v) is 9.94. The monoisotopic (exact) mass is 287 g/mol. The van der Waals surface area contributed by atoms with Crippen molar-refractivity contribution >= 4 is 28.7 Å². The largest absolute Gasteiger partial charge is 0.286 e. The van der Waals surface area contributed by atoms with Crippen LogP contribution in [0.25, 0.3) is 0 Å². The first-order valence-electron chi connectivity index (χ1n) is 4.73. The molecule has 1 aromatic carbocycles. The molecule has 10 heteroatoms. The Hall–Kier alpha value is -2.55. The number of non-ortho nitro benzene ring substituents is 1. The van der Waals surface area contributed by atoms with Crippen LogP contribution in [-0.4, -0.2) is 14.8 Å². The van der Waals surface area contributed by atoms with Crippen molar-refractivity contribution in [1.82, 2.24) is 0 Å². The fourth-order valence-corrected chi connectivity index (χ4v) is 1.52. The van der Waals surface area contributed by atoms with Gasteiger partial charge in [-0.1, -0.05) is 17.7 Å². The van der Waals surface area contributed by atoms with E-state index in [-0.39, 0.29) is 12.0 Å². The first kappa shape index (κ1) is 14.5. The third-order valence-electron chi connectivity index (χ3n) is 2.20. The highest BCUT2D eigenvalue weighted by molar-refractivity contribution is 6.25. The molecule has 1 aromatic rings. The highest BCUT2D eigenvalue weighted by Crippen LogP contribution is 2.34. The minimum Gasteiger partial charge on any atom is -0.258 e. The van der Waals surface area contributed by atoms with Crippen LogP contribution in [0.1, 0.15) is 5.56 Å². The van der Waals surface area contributed by atoms with Gasteiger partial charge in [0, 0.05) is 12.0 Å². The molecule has 0 amide bonds. The Kier molecular flexibility index (Phi) is 4.48. The summed E-state index contributed by atoms with van der Waals surface area (Å²) >= 11 is 5.27. The van der Waals surface area contributed by atoms with Gasteiger partial charge in [0.2, 0.25) is 0 Å². The first-order valence-corrected chi connectivity index (χ1v) is 5.17. The van der Waals surface area contributed by atoms with Crippen molar-refractivity contribution < 1.29 is 14.8 Å². The Morgan fingerprint density at radius 2 is 1.47 bits per heavy atom. The second-order valence-electron chi connectivity index (χ2n) is 3.30. The molecule has 0 radical (unpaired) electrons. The van der Waals surface area contributed by atoms with Gasteiger partial charge in [-0.15, -0.1) is 0 Å². The second-order valence-corrected chi connectivity index (χ2v) is 3.55. The molecular formula is C9H6ClN3O6. The summed E-state index contributed by atoms with van der Waals surface area (Å²) in [5.74, 6) is 0. The molecule has 0 N–H and O–H groups in total. The molecule has 0 aliphatic rings. The third-order valence-corrected chi connectivity index (χ3v) is 2.38. The van der Waals surface area contributed by atoms with Crippen LogP contribution in [0.5, 0.6) is 0 Å². The van der Waals surface area contributed by atoms with Crippen LogP contribution < -0.4 is 0 Å². The van der Waals surface area contributed by atoms with Gasteiger partial charge in [0.25, 0.3) is 17.1 Å². The van der Waals surface area contributed by atoms with E-state index in [1.54, 1.807) is 0 Å². The SMILES string of the molecule is O=[N+]([O-])c1cc([N+](=O)[O-])c(CC=CCl)c([N+](=O)[O-])c1. The summed E-state index contributed by atoms with van der Waals surface area (Å²) in [6.07, 6.45) is 1.09. The summed E-state index contributed by atoms with van der Waals surface area (Å²) in [7, 11) is 0. The minimum absolute atomic E-state index is 0.172. The van der Waals surface area contributed by atoms with Crippen LogP contribution in [0.2, 0.25) is 0 Å². The number of nitro benzene ring substituents is 3. The summed E-state index contributed by atoms with van der Waals surface area (Å²) in [5, 5.41) is 32.3. The van der Waals surface area contributed by atoms with E-state index in [1.165, 1.54) is 6.08 Å². The van der Waals surface area contributed by atoms with Gasteiger partial charge in [-0.3, -0.25) is 30.3 Å². The maximum absolute atomic E-state index is 10.8. The fourth-order valence-electron chi connectivity index (χ4n) is 1.43. The van der Waals surface area contributed by atoms with E-state index in [1.807, 2.05) is 0 Å². The van der Waals surface area contributed by atoms with Crippen molar-refractivity contribution in [2.45, 2.75) is 6.42 Å². The molecule has 0 atom stereocenters. The number of halogens is 1. The molecule has 0 aromatic heterocycles. The van der Waals surface area contributed by atoms with Crippen molar-refractivity contribution in [3.8, 4) is 0 Å². The molecule has 0 aliphatic carbocycles. The van der Waals surface area contributed by atoms with Gasteiger partial charge < -0.3 is 0 Å². The summed E-state index contributed by atoms with van der Waals surface area (Å²) in [6, 6.07) is 1.37. The molecule has 100 valence electrons. The number of benzene rings is 1. The van der Waals surface area contributed by atoms with Gasteiger partial charge in [-0.05, 0) is 0 Å². The van der Waals surface area contributed by atoms with Crippen LogP contribution >= 0.6 is 11.6 Å². The molecular weight excluding hydrogens is 282 g/mol. The summed E-state index contributed by atoms with van der Waals surface area (Å²) < 4.78 is 0. The molecule has 0 saturated carbocycles. The Bertz CT molecular complexity index is 550. The zero-order chi connectivity index (χ0) is 14.6. The second kappa shape index (κ2) is 5.87. The minimum atomic E-state index is -0.929. The predicted molar refractivity (Wildman–Crippen MR) is 65.1 cm³/mol. The molecule has 1 rings (SSSR count). The number of hydrogen-bond acceptors (Lipinski definition) is 6. The van der Waals surface area contributed by atoms with E-state index in [2.05, 4.69) is 0 Å². The number of rotatable bonds is 5. The van der Waals surface area contributed by atoms with Crippen molar-refractivity contribution in [3.63, 3.8) is 0 Å². The molecule has 0 bridgehead atoms. The maximum Gasteiger partial charge on any atom is 0.286 e. The highest BCUT2D eigenvalue weighted by Gasteiger charge is 2.29. The molecule has 0 fully saturated rings. The lowest BCUT2D eigenvalue weighted by Gasteiger charge is -2.02. The topological polar surface area (TPSA) is 129 Å². The van der Waals surface area contributed by atoms with Crippen molar-refractivity contribution in [2.75, 3.05) is 0 Å². The first-order chi connectivity index (χ1) is 8.88. The lowest BCUT2D eigenvalue weighted by Crippen LogP contribution is -2.02. The number of nitrogens with zero attached hydrogens (tertiary/aromatic N) is 3. The molecule has 0 heterocycles. The normalized spacial score (nSPS) is 10.6. The van der Waals surface area contributed by atoms with E-state index in [4.69, 9.17) is 11.6 Å². The predicted octanol–water partition coefficient (Wildman–Crippen LogP) is 2.71. The van der Waals surface area contributed by atoms with Crippen LogP contribution in [0.4, 0.5) is 17.1 Å². The highest BCUT2D eigenvalue weighted by atomic mass is 35.5. The molecule has 0 aliphatic heterocycles. The quantitative estimate of drug-likeness (QED) is 0.604. The average Bonchev–Trinajstić information content (AvgIpc) is 2.34. The molecule has 9 nitrogen and oxygen atoms in total. The Morgan fingerprint density at radius 1 is 1.00 bits per heavy atom. The average molecular weight is 288 g/mol. The van der Waals surface area contributed by atoms with Gasteiger partial charge in [0.1, 0.15) is 5.56 Å². The number of allylic oxidation sites excluding steroid dienone is 1. The maximum atomic E-state index is 10.8. The smallest absolute Gasteiger partial charge is 0.258 e. The standard InChI is InChI=1S/C9H6ClN3O6/c10-3-1-2-7-8(12(16)17)4-6(11(14)15)5-9(7)13(18)19/h1,3-5H,2H2. The molecule has 0 unspecified atom stereocenters. The molecule has 0 spiro atoms. The summed E-state index contributed by atoms with van der Waals surface area (Å²) in [4.78, 5) is 29.5. The van der Waals surface area contributed by atoms with Crippen LogP contribution in [-0.2, 0) is 6.42 Å². The van der Waals surface area contributed by atoms with E-state index >= 15 is 0 Å². The number of hydrogen-bond donors (Lipinski definition) is 0. The van der Waals surface area contributed by atoms with Crippen molar-refractivity contribution in [1.29, 1.82) is 0 Å². The van der Waals surface area contributed by atoms with Crippen LogP contribution in [0, 0.1) is 30.3 Å². The van der Waals surface area contributed by atoms with Crippen LogP contribution in [0.15, 0.2) is 23.7 Å². The van der Waals surface area contributed by atoms with E-state index in [0.29, 0.717) is 12.1 Å². The van der Waals surface area contributed by atoms with Gasteiger partial charge >= 0.3 is 0 Å². The lowest BCUT2D eigenvalue weighted by atomic mass is 10.1.